The predicted molar refractivity (Wildman–Crippen MR) is 91.2 cm³/mol. The van der Waals surface area contributed by atoms with Crippen molar-refractivity contribution in [1.82, 2.24) is 5.32 Å². The molecule has 0 saturated heterocycles. The van der Waals surface area contributed by atoms with E-state index in [0.29, 0.717) is 13.0 Å². The number of nitrogens with one attached hydrogen (secondary N) is 1. The van der Waals surface area contributed by atoms with Crippen LogP contribution in [0.3, 0.4) is 0 Å². The molecule has 2 rings (SSSR count). The second kappa shape index (κ2) is 8.29. The molecule has 0 amide bonds. The number of benzene rings is 1. The van der Waals surface area contributed by atoms with Crippen molar-refractivity contribution in [2.45, 2.75) is 58.3 Å². The van der Waals surface area contributed by atoms with Crippen LogP contribution in [0, 0.1) is 5.92 Å². The molecule has 1 saturated carbocycles. The number of esters is 2. The van der Waals surface area contributed by atoms with Gasteiger partial charge in [-0.1, -0.05) is 30.3 Å². The topological polar surface area (TPSA) is 64.6 Å². The summed E-state index contributed by atoms with van der Waals surface area (Å²) in [5.41, 5.74) is 0.515. The van der Waals surface area contributed by atoms with Crippen molar-refractivity contribution in [3.05, 3.63) is 35.9 Å². The third-order valence-corrected chi connectivity index (χ3v) is 3.94. The summed E-state index contributed by atoms with van der Waals surface area (Å²) in [6.45, 7) is 6.03. The molecule has 0 aromatic heterocycles. The highest BCUT2D eigenvalue weighted by Gasteiger charge is 2.31. The van der Waals surface area contributed by atoms with Gasteiger partial charge in [0.25, 0.3) is 0 Å². The molecule has 1 aliphatic carbocycles. The van der Waals surface area contributed by atoms with Crippen LogP contribution in [0.5, 0.6) is 0 Å². The Balaban J connectivity index is 1.68. The molecule has 5 heteroatoms. The van der Waals surface area contributed by atoms with Crippen molar-refractivity contribution < 1.29 is 19.1 Å². The molecule has 1 aromatic rings. The van der Waals surface area contributed by atoms with E-state index in [9.17, 15) is 9.59 Å². The smallest absolute Gasteiger partial charge is 0.320 e. The summed E-state index contributed by atoms with van der Waals surface area (Å²) in [6.07, 6.45) is 2.37. The van der Waals surface area contributed by atoms with Crippen molar-refractivity contribution in [1.29, 1.82) is 0 Å². The fourth-order valence-electron chi connectivity index (χ4n) is 2.83. The Bertz CT molecular complexity index is 550. The number of ether oxygens (including phenoxy) is 2. The fraction of sp³-hybridized carbons (Fsp3) is 0.579. The first-order valence-corrected chi connectivity index (χ1v) is 8.49. The summed E-state index contributed by atoms with van der Waals surface area (Å²) < 4.78 is 10.7. The Labute approximate surface area is 143 Å². The Hall–Kier alpha value is -1.88. The van der Waals surface area contributed by atoms with Crippen LogP contribution in [0.4, 0.5) is 0 Å². The molecule has 1 N–H and O–H groups in total. The Morgan fingerprint density at radius 2 is 1.88 bits per heavy atom. The lowest BCUT2D eigenvalue weighted by molar-refractivity contribution is -0.153. The highest BCUT2D eigenvalue weighted by atomic mass is 16.6. The lowest BCUT2D eigenvalue weighted by Crippen LogP contribution is -2.36. The molecule has 0 heterocycles. The average molecular weight is 333 g/mol. The molecular formula is C19H27NO4. The van der Waals surface area contributed by atoms with Crippen LogP contribution in [-0.2, 0) is 25.7 Å². The minimum Gasteiger partial charge on any atom is -0.461 e. The van der Waals surface area contributed by atoms with E-state index >= 15 is 0 Å². The molecule has 0 bridgehead atoms. The lowest BCUT2D eigenvalue weighted by atomic mass is 10.1. The van der Waals surface area contributed by atoms with E-state index < -0.39 is 5.60 Å². The summed E-state index contributed by atoms with van der Waals surface area (Å²) in [7, 11) is 0. The summed E-state index contributed by atoms with van der Waals surface area (Å²) >= 11 is 0. The zero-order valence-corrected chi connectivity index (χ0v) is 14.7. The van der Waals surface area contributed by atoms with Gasteiger partial charge < -0.3 is 14.8 Å². The van der Waals surface area contributed by atoms with Crippen LogP contribution in [0.25, 0.3) is 0 Å². The van der Waals surface area contributed by atoms with E-state index in [2.05, 4.69) is 5.32 Å². The van der Waals surface area contributed by atoms with Gasteiger partial charge in [-0.25, -0.2) is 0 Å². The molecule has 24 heavy (non-hydrogen) atoms. The zero-order valence-electron chi connectivity index (χ0n) is 14.7. The number of carbonyl (C=O) groups excluding carboxylic acids is 2. The third kappa shape index (κ3) is 6.32. The Morgan fingerprint density at radius 1 is 1.17 bits per heavy atom. The minimum absolute atomic E-state index is 0.0927. The monoisotopic (exact) mass is 333 g/mol. The molecule has 5 nitrogen and oxygen atoms in total. The molecule has 2 atom stereocenters. The maximum absolute atomic E-state index is 12.1. The predicted octanol–water partition coefficient (Wildman–Crippen LogP) is 2.83. The van der Waals surface area contributed by atoms with Gasteiger partial charge in [0, 0.05) is 6.04 Å². The van der Waals surface area contributed by atoms with E-state index in [1.54, 1.807) is 0 Å². The maximum Gasteiger partial charge on any atom is 0.320 e. The van der Waals surface area contributed by atoms with Crippen LogP contribution < -0.4 is 5.32 Å². The number of hydrogen-bond donors (Lipinski definition) is 1. The highest BCUT2D eigenvalue weighted by molar-refractivity contribution is 5.73. The van der Waals surface area contributed by atoms with E-state index in [4.69, 9.17) is 9.47 Å². The second-order valence-corrected chi connectivity index (χ2v) is 7.27. The van der Waals surface area contributed by atoms with Gasteiger partial charge in [-0.15, -0.1) is 0 Å². The molecule has 1 fully saturated rings. The largest absolute Gasteiger partial charge is 0.461 e. The van der Waals surface area contributed by atoms with E-state index in [0.717, 1.165) is 18.4 Å². The van der Waals surface area contributed by atoms with E-state index in [1.165, 1.54) is 0 Å². The highest BCUT2D eigenvalue weighted by Crippen LogP contribution is 2.27. The van der Waals surface area contributed by atoms with Gasteiger partial charge in [-0.3, -0.25) is 9.59 Å². The van der Waals surface area contributed by atoms with E-state index in [1.807, 2.05) is 51.1 Å². The van der Waals surface area contributed by atoms with Crippen LogP contribution in [0.1, 0.15) is 45.6 Å². The normalized spacial score (nSPS) is 20.6. The average Bonchev–Trinajstić information content (AvgIpc) is 2.99. The van der Waals surface area contributed by atoms with Gasteiger partial charge in [-0.05, 0) is 45.6 Å². The van der Waals surface area contributed by atoms with Gasteiger partial charge in [-0.2, -0.15) is 0 Å². The molecule has 1 aliphatic rings. The van der Waals surface area contributed by atoms with Crippen LogP contribution in [-0.4, -0.2) is 30.1 Å². The molecule has 1 aromatic carbocycles. The van der Waals surface area contributed by atoms with Crippen LogP contribution in [0.15, 0.2) is 30.3 Å². The Kier molecular flexibility index (Phi) is 6.37. The molecule has 2 unspecified atom stereocenters. The molecular weight excluding hydrogens is 306 g/mol. The van der Waals surface area contributed by atoms with Gasteiger partial charge in [0.15, 0.2) is 0 Å². The quantitative estimate of drug-likeness (QED) is 0.811. The fourth-order valence-corrected chi connectivity index (χ4v) is 2.83. The van der Waals surface area contributed by atoms with Gasteiger partial charge in [0.2, 0.25) is 0 Å². The molecule has 0 radical (unpaired) electrons. The first-order valence-electron chi connectivity index (χ1n) is 8.49. The maximum atomic E-state index is 12.1. The molecule has 0 aliphatic heterocycles. The van der Waals surface area contributed by atoms with Crippen molar-refractivity contribution in [2.75, 3.05) is 6.54 Å². The standard InChI is InChI=1S/C19H27NO4/c1-19(2,3)24-17(21)12-20-16-10-9-15(11-16)18(22)23-13-14-7-5-4-6-8-14/h4-8,15-16,20H,9-13H2,1-3H3. The van der Waals surface area contributed by atoms with Gasteiger partial charge in [0.05, 0.1) is 12.5 Å². The second-order valence-electron chi connectivity index (χ2n) is 7.27. The molecule has 132 valence electrons. The number of carbonyl (C=O) groups is 2. The van der Waals surface area contributed by atoms with Crippen molar-refractivity contribution >= 4 is 11.9 Å². The summed E-state index contributed by atoms with van der Waals surface area (Å²) in [6, 6.07) is 9.82. The minimum atomic E-state index is -0.474. The first kappa shape index (κ1) is 18.5. The lowest BCUT2D eigenvalue weighted by Gasteiger charge is -2.20. The third-order valence-electron chi connectivity index (χ3n) is 3.94. The number of rotatable bonds is 6. The summed E-state index contributed by atoms with van der Waals surface area (Å²) in [4.78, 5) is 23.9. The van der Waals surface area contributed by atoms with Gasteiger partial charge in [0.1, 0.15) is 12.2 Å². The molecule has 0 spiro atoms. The van der Waals surface area contributed by atoms with Crippen molar-refractivity contribution in [3.63, 3.8) is 0 Å². The summed E-state index contributed by atoms with van der Waals surface area (Å²) in [5, 5.41) is 3.18. The van der Waals surface area contributed by atoms with E-state index in [-0.39, 0.29) is 30.4 Å². The Morgan fingerprint density at radius 3 is 2.54 bits per heavy atom. The summed E-state index contributed by atoms with van der Waals surface area (Å²) in [5.74, 6) is -0.511. The van der Waals surface area contributed by atoms with Crippen LogP contribution >= 0.6 is 0 Å². The SMILES string of the molecule is CC(C)(C)OC(=O)CNC1CCC(C(=O)OCc2ccccc2)C1. The van der Waals surface area contributed by atoms with Crippen molar-refractivity contribution in [2.24, 2.45) is 5.92 Å². The number of hydrogen-bond acceptors (Lipinski definition) is 5. The first-order chi connectivity index (χ1) is 11.3. The van der Waals surface area contributed by atoms with Gasteiger partial charge >= 0.3 is 11.9 Å². The van der Waals surface area contributed by atoms with Crippen LogP contribution in [0.2, 0.25) is 0 Å². The van der Waals surface area contributed by atoms with Crippen molar-refractivity contribution in [3.8, 4) is 0 Å². The zero-order chi connectivity index (χ0) is 17.6.